The van der Waals surface area contributed by atoms with Crippen molar-refractivity contribution < 1.29 is 9.47 Å². The summed E-state index contributed by atoms with van der Waals surface area (Å²) in [6.45, 7) is 0.596. The molecule has 0 aliphatic rings. The number of nitrogens with one attached hydrogen (secondary N) is 1. The number of hydrogen-bond acceptors (Lipinski definition) is 5. The van der Waals surface area contributed by atoms with Gasteiger partial charge >= 0.3 is 0 Å². The van der Waals surface area contributed by atoms with E-state index in [0.29, 0.717) is 6.54 Å². The normalized spacial score (nSPS) is 10.0. The molecule has 0 atom stereocenters. The van der Waals surface area contributed by atoms with Gasteiger partial charge in [0, 0.05) is 5.56 Å². The second-order valence-corrected chi connectivity index (χ2v) is 3.38. The number of methoxy groups -OCH3 is 2. The zero-order valence-corrected chi connectivity index (χ0v) is 9.75. The molecule has 0 saturated heterocycles. The fourth-order valence-electron chi connectivity index (χ4n) is 1.48. The van der Waals surface area contributed by atoms with E-state index in [9.17, 15) is 0 Å². The first-order chi connectivity index (χ1) is 8.33. The molecule has 1 heterocycles. The third-order valence-electron chi connectivity index (χ3n) is 2.36. The van der Waals surface area contributed by atoms with Crippen molar-refractivity contribution in [2.24, 2.45) is 0 Å². The van der Waals surface area contributed by atoms with Gasteiger partial charge in [0.2, 0.25) is 0 Å². The summed E-state index contributed by atoms with van der Waals surface area (Å²) in [5.74, 6) is 1.61. The number of ether oxygens (including phenoxy) is 2. The van der Waals surface area contributed by atoms with Gasteiger partial charge < -0.3 is 14.9 Å². The van der Waals surface area contributed by atoms with E-state index in [1.54, 1.807) is 31.6 Å². The second-order valence-electron chi connectivity index (χ2n) is 3.38. The number of aromatic nitrogens is 3. The molecule has 0 spiro atoms. The Morgan fingerprint density at radius 2 is 1.94 bits per heavy atom. The third-order valence-corrected chi connectivity index (χ3v) is 2.36. The number of rotatable bonds is 5. The fraction of sp³-hybridized carbons (Fsp3) is 0.273. The summed E-state index contributed by atoms with van der Waals surface area (Å²) in [5.41, 5.74) is 4.12. The highest BCUT2D eigenvalue weighted by Gasteiger charge is 2.04. The molecule has 0 aliphatic carbocycles. The summed E-state index contributed by atoms with van der Waals surface area (Å²) >= 11 is 0. The van der Waals surface area contributed by atoms with Crippen molar-refractivity contribution in [2.75, 3.05) is 19.6 Å². The van der Waals surface area contributed by atoms with Crippen molar-refractivity contribution in [1.29, 1.82) is 0 Å². The van der Waals surface area contributed by atoms with E-state index >= 15 is 0 Å². The van der Waals surface area contributed by atoms with Crippen molar-refractivity contribution >= 4 is 0 Å². The lowest BCUT2D eigenvalue weighted by atomic mass is 10.2. The Labute approximate surface area is 99.2 Å². The van der Waals surface area contributed by atoms with Crippen LogP contribution in [0.1, 0.15) is 5.56 Å². The van der Waals surface area contributed by atoms with Crippen LogP contribution in [0.15, 0.2) is 30.9 Å². The minimum Gasteiger partial charge on any atom is -0.497 e. The summed E-state index contributed by atoms with van der Waals surface area (Å²) in [5, 5.41) is 7.41. The van der Waals surface area contributed by atoms with E-state index in [1.807, 2.05) is 18.2 Å². The zero-order valence-electron chi connectivity index (χ0n) is 9.75. The molecule has 1 N–H and O–H groups in total. The Kier molecular flexibility index (Phi) is 3.44. The fourth-order valence-corrected chi connectivity index (χ4v) is 1.48. The molecule has 2 rings (SSSR count). The molecule has 0 unspecified atom stereocenters. The third kappa shape index (κ3) is 2.66. The maximum absolute atomic E-state index is 5.28. The molecule has 90 valence electrons. The predicted molar refractivity (Wildman–Crippen MR) is 62.6 cm³/mol. The highest BCUT2D eigenvalue weighted by molar-refractivity contribution is 5.40. The van der Waals surface area contributed by atoms with Crippen molar-refractivity contribution in [3.63, 3.8) is 0 Å². The minimum atomic E-state index is 0.596. The minimum absolute atomic E-state index is 0.596. The van der Waals surface area contributed by atoms with Crippen molar-refractivity contribution in [3.05, 3.63) is 36.4 Å². The van der Waals surface area contributed by atoms with E-state index < -0.39 is 0 Å². The topological polar surface area (TPSA) is 61.2 Å². The SMILES string of the molecule is COc1ccc(OC)c(CNn2cnnc2)c1. The summed E-state index contributed by atoms with van der Waals surface area (Å²) < 4.78 is 12.1. The standard InChI is InChI=1S/C11H14N4O2/c1-16-10-3-4-11(17-2)9(5-10)6-14-15-7-12-13-8-15/h3-5,7-8,14H,6H2,1-2H3. The van der Waals surface area contributed by atoms with Crippen LogP contribution < -0.4 is 14.9 Å². The molecule has 6 heteroatoms. The molecule has 1 aromatic carbocycles. The van der Waals surface area contributed by atoms with Gasteiger partial charge in [0.1, 0.15) is 24.2 Å². The molecule has 0 bridgehead atoms. The van der Waals surface area contributed by atoms with Gasteiger partial charge in [0.05, 0.1) is 20.8 Å². The Hall–Kier alpha value is -2.24. The number of benzene rings is 1. The Morgan fingerprint density at radius 3 is 2.59 bits per heavy atom. The van der Waals surface area contributed by atoms with Crippen LogP contribution in [0, 0.1) is 0 Å². The molecule has 0 radical (unpaired) electrons. The average Bonchev–Trinajstić information content (AvgIpc) is 2.89. The first kappa shape index (κ1) is 11.3. The molecule has 17 heavy (non-hydrogen) atoms. The Bertz CT molecular complexity index is 470. The number of nitrogens with zero attached hydrogens (tertiary/aromatic N) is 3. The molecule has 0 saturated carbocycles. The van der Waals surface area contributed by atoms with E-state index in [0.717, 1.165) is 17.1 Å². The molecule has 6 nitrogen and oxygen atoms in total. The predicted octanol–water partition coefficient (Wildman–Crippen LogP) is 1.04. The monoisotopic (exact) mass is 234 g/mol. The van der Waals surface area contributed by atoms with Gasteiger partial charge in [0.15, 0.2) is 0 Å². The summed E-state index contributed by atoms with van der Waals surface area (Å²) in [6, 6.07) is 5.67. The van der Waals surface area contributed by atoms with Gasteiger partial charge in [-0.15, -0.1) is 10.2 Å². The van der Waals surface area contributed by atoms with Crippen LogP contribution in [0.25, 0.3) is 0 Å². The molecule has 0 aliphatic heterocycles. The maximum atomic E-state index is 5.28. The maximum Gasteiger partial charge on any atom is 0.138 e. The number of hydrogen-bond donors (Lipinski definition) is 1. The molecular weight excluding hydrogens is 220 g/mol. The first-order valence-corrected chi connectivity index (χ1v) is 5.13. The lowest BCUT2D eigenvalue weighted by molar-refractivity contribution is 0.399. The highest BCUT2D eigenvalue weighted by atomic mass is 16.5. The van der Waals surface area contributed by atoms with Crippen LogP contribution in [0.4, 0.5) is 0 Å². The lowest BCUT2D eigenvalue weighted by Crippen LogP contribution is -2.12. The van der Waals surface area contributed by atoms with Crippen LogP contribution in [0.2, 0.25) is 0 Å². The first-order valence-electron chi connectivity index (χ1n) is 5.13. The van der Waals surface area contributed by atoms with Crippen LogP contribution in [-0.2, 0) is 6.54 Å². The van der Waals surface area contributed by atoms with Crippen molar-refractivity contribution in [3.8, 4) is 11.5 Å². The molecule has 2 aromatic rings. The zero-order chi connectivity index (χ0) is 12.1. The van der Waals surface area contributed by atoms with Crippen molar-refractivity contribution in [2.45, 2.75) is 6.54 Å². The van der Waals surface area contributed by atoms with E-state index in [4.69, 9.17) is 9.47 Å². The van der Waals surface area contributed by atoms with Gasteiger partial charge in [0.25, 0.3) is 0 Å². The largest absolute Gasteiger partial charge is 0.497 e. The van der Waals surface area contributed by atoms with Gasteiger partial charge in [-0.3, -0.25) is 0 Å². The summed E-state index contributed by atoms with van der Waals surface area (Å²) in [6.07, 6.45) is 3.18. The van der Waals surface area contributed by atoms with E-state index in [-0.39, 0.29) is 0 Å². The van der Waals surface area contributed by atoms with E-state index in [1.165, 1.54) is 0 Å². The van der Waals surface area contributed by atoms with Gasteiger partial charge in [-0.1, -0.05) is 0 Å². The molecule has 0 amide bonds. The van der Waals surface area contributed by atoms with Crippen LogP contribution >= 0.6 is 0 Å². The Balaban J connectivity index is 2.12. The van der Waals surface area contributed by atoms with Crippen LogP contribution in [0.5, 0.6) is 11.5 Å². The molecular formula is C11H14N4O2. The smallest absolute Gasteiger partial charge is 0.138 e. The molecule has 1 aromatic heterocycles. The Morgan fingerprint density at radius 1 is 1.18 bits per heavy atom. The average molecular weight is 234 g/mol. The van der Waals surface area contributed by atoms with Gasteiger partial charge in [-0.05, 0) is 18.2 Å². The van der Waals surface area contributed by atoms with Gasteiger partial charge in [-0.2, -0.15) is 0 Å². The lowest BCUT2D eigenvalue weighted by Gasteiger charge is -2.11. The molecule has 0 fully saturated rings. The van der Waals surface area contributed by atoms with Gasteiger partial charge in [-0.25, -0.2) is 4.68 Å². The van der Waals surface area contributed by atoms with Crippen molar-refractivity contribution in [1.82, 2.24) is 14.9 Å². The van der Waals surface area contributed by atoms with E-state index in [2.05, 4.69) is 15.6 Å². The van der Waals surface area contributed by atoms with Crippen LogP contribution in [0.3, 0.4) is 0 Å². The summed E-state index contributed by atoms with van der Waals surface area (Å²) in [4.78, 5) is 0. The van der Waals surface area contributed by atoms with Crippen LogP contribution in [-0.4, -0.2) is 29.1 Å². The highest BCUT2D eigenvalue weighted by Crippen LogP contribution is 2.23. The summed E-state index contributed by atoms with van der Waals surface area (Å²) in [7, 11) is 3.28. The quantitative estimate of drug-likeness (QED) is 0.837. The second kappa shape index (κ2) is 5.20.